The first-order chi connectivity index (χ1) is 17.6. The lowest BCUT2D eigenvalue weighted by Crippen LogP contribution is -2.22. The molecule has 186 valence electrons. The van der Waals surface area contributed by atoms with E-state index in [4.69, 9.17) is 0 Å². The van der Waals surface area contributed by atoms with Crippen LogP contribution >= 0.6 is 0 Å². The van der Waals surface area contributed by atoms with Crippen molar-refractivity contribution in [1.29, 1.82) is 0 Å². The third-order valence-electron chi connectivity index (χ3n) is 7.14. The van der Waals surface area contributed by atoms with Crippen LogP contribution in [0, 0.1) is 20.8 Å². The molecule has 36 heavy (non-hydrogen) atoms. The van der Waals surface area contributed by atoms with Gasteiger partial charge >= 0.3 is 0 Å². The van der Waals surface area contributed by atoms with E-state index < -0.39 is 0 Å². The number of nitrogens with one attached hydrogen (secondary N) is 3. The average Bonchev–Trinajstić information content (AvgIpc) is 2.92. The van der Waals surface area contributed by atoms with E-state index in [1.807, 2.05) is 0 Å². The lowest BCUT2D eigenvalue weighted by atomic mass is 9.87. The Bertz CT molecular complexity index is 1040. The second-order valence-electron chi connectivity index (χ2n) is 9.58. The zero-order valence-corrected chi connectivity index (χ0v) is 21.9. The maximum Gasteiger partial charge on any atom is 0.0214 e. The first-order valence-electron chi connectivity index (χ1n) is 13.0. The molecule has 0 heterocycles. The second kappa shape index (κ2) is 13.2. The highest BCUT2D eigenvalue weighted by molar-refractivity contribution is 5.50. The number of hydrogen-bond donors (Lipinski definition) is 3. The van der Waals surface area contributed by atoms with E-state index in [-0.39, 0.29) is 0 Å². The molecule has 0 saturated heterocycles. The molecule has 4 aromatic rings. The van der Waals surface area contributed by atoms with Crippen LogP contribution in [0.2, 0.25) is 0 Å². The third-order valence-corrected chi connectivity index (χ3v) is 7.14. The van der Waals surface area contributed by atoms with Crippen LogP contribution < -0.4 is 16.0 Å². The minimum atomic E-state index is 0.865. The Kier molecular flexibility index (Phi) is 9.46. The largest absolute Gasteiger partial charge is 0.309 e. The Hall–Kier alpha value is -3.24. The van der Waals surface area contributed by atoms with Crippen molar-refractivity contribution in [3.8, 4) is 0 Å². The summed E-state index contributed by atoms with van der Waals surface area (Å²) in [5, 5.41) is 11.1. The topological polar surface area (TPSA) is 36.1 Å². The third kappa shape index (κ3) is 6.92. The molecule has 0 aliphatic rings. The van der Waals surface area contributed by atoms with Gasteiger partial charge in [-0.15, -0.1) is 0 Å². The van der Waals surface area contributed by atoms with Gasteiger partial charge in [0.2, 0.25) is 0 Å². The van der Waals surface area contributed by atoms with Crippen molar-refractivity contribution >= 4 is 0 Å². The minimum Gasteiger partial charge on any atom is -0.309 e. The van der Waals surface area contributed by atoms with Gasteiger partial charge in [-0.1, -0.05) is 91.0 Å². The lowest BCUT2D eigenvalue weighted by molar-refractivity contribution is 0.655. The lowest BCUT2D eigenvalue weighted by Gasteiger charge is -2.23. The molecule has 0 atom stereocenters. The Morgan fingerprint density at radius 1 is 0.361 bits per heavy atom. The minimum absolute atomic E-state index is 0.865. The summed E-state index contributed by atoms with van der Waals surface area (Å²) < 4.78 is 0. The highest BCUT2D eigenvalue weighted by Crippen LogP contribution is 2.28. The molecule has 0 aliphatic heterocycles. The van der Waals surface area contributed by atoms with Crippen LogP contribution in [0.5, 0.6) is 0 Å². The van der Waals surface area contributed by atoms with Crippen molar-refractivity contribution in [1.82, 2.24) is 16.0 Å². The summed E-state index contributed by atoms with van der Waals surface area (Å²) in [6, 6.07) is 31.9. The van der Waals surface area contributed by atoms with Gasteiger partial charge < -0.3 is 16.0 Å². The molecule has 0 fully saturated rings. The van der Waals surface area contributed by atoms with Crippen molar-refractivity contribution in [3.63, 3.8) is 0 Å². The maximum atomic E-state index is 3.70. The van der Waals surface area contributed by atoms with Gasteiger partial charge in [0.15, 0.2) is 0 Å². The van der Waals surface area contributed by atoms with Crippen LogP contribution in [0.15, 0.2) is 91.0 Å². The molecule has 0 aliphatic carbocycles. The van der Waals surface area contributed by atoms with Crippen LogP contribution in [0.4, 0.5) is 0 Å². The van der Waals surface area contributed by atoms with Crippen LogP contribution in [-0.4, -0.2) is 0 Å². The summed E-state index contributed by atoms with van der Waals surface area (Å²) in [5.41, 5.74) is 12.4. The maximum absolute atomic E-state index is 3.70. The van der Waals surface area contributed by atoms with Gasteiger partial charge in [0.25, 0.3) is 0 Å². The van der Waals surface area contributed by atoms with Gasteiger partial charge in [-0.2, -0.15) is 0 Å². The van der Waals surface area contributed by atoms with Crippen molar-refractivity contribution < 1.29 is 0 Å². The Labute approximate surface area is 217 Å². The first-order valence-corrected chi connectivity index (χ1v) is 13.0. The van der Waals surface area contributed by atoms with Crippen molar-refractivity contribution in [3.05, 3.63) is 141 Å². The predicted molar refractivity (Wildman–Crippen MR) is 152 cm³/mol. The van der Waals surface area contributed by atoms with Crippen LogP contribution in [0.1, 0.15) is 50.1 Å². The Morgan fingerprint density at radius 3 is 0.861 bits per heavy atom. The van der Waals surface area contributed by atoms with Crippen LogP contribution in [0.25, 0.3) is 0 Å². The highest BCUT2D eigenvalue weighted by Gasteiger charge is 2.17. The molecule has 4 aromatic carbocycles. The number of benzene rings is 4. The average molecular weight is 478 g/mol. The Morgan fingerprint density at radius 2 is 0.611 bits per heavy atom. The number of rotatable bonds is 12. The molecule has 3 nitrogen and oxygen atoms in total. The fourth-order valence-corrected chi connectivity index (χ4v) is 4.97. The summed E-state index contributed by atoms with van der Waals surface area (Å²) >= 11 is 0. The fourth-order valence-electron chi connectivity index (χ4n) is 4.97. The first kappa shape index (κ1) is 25.8. The molecule has 0 unspecified atom stereocenters. The second-order valence-corrected chi connectivity index (χ2v) is 9.58. The number of hydrogen-bond acceptors (Lipinski definition) is 3. The summed E-state index contributed by atoms with van der Waals surface area (Å²) in [7, 11) is 0. The van der Waals surface area contributed by atoms with Crippen LogP contribution in [-0.2, 0) is 39.3 Å². The molecular weight excluding hydrogens is 438 g/mol. The molecule has 4 rings (SSSR count). The van der Waals surface area contributed by atoms with Gasteiger partial charge in [0.1, 0.15) is 0 Å². The van der Waals surface area contributed by atoms with E-state index in [1.165, 1.54) is 50.1 Å². The van der Waals surface area contributed by atoms with Crippen LogP contribution in [0.3, 0.4) is 0 Å². The predicted octanol–water partition coefficient (Wildman–Crippen LogP) is 6.48. The van der Waals surface area contributed by atoms with E-state index in [0.717, 1.165) is 39.3 Å². The molecule has 0 saturated carbocycles. The van der Waals surface area contributed by atoms with Gasteiger partial charge in [0, 0.05) is 39.3 Å². The summed E-state index contributed by atoms with van der Waals surface area (Å²) in [5.74, 6) is 0. The van der Waals surface area contributed by atoms with Gasteiger partial charge in [-0.05, 0) is 70.8 Å². The van der Waals surface area contributed by atoms with E-state index in [9.17, 15) is 0 Å². The summed E-state index contributed by atoms with van der Waals surface area (Å²) in [6.07, 6.45) is 0. The quantitative estimate of drug-likeness (QED) is 0.218. The van der Waals surface area contributed by atoms with E-state index in [0.29, 0.717) is 0 Å². The zero-order valence-electron chi connectivity index (χ0n) is 21.9. The molecule has 0 aromatic heterocycles. The molecule has 0 radical (unpaired) electrons. The molecule has 3 heteroatoms. The Balaban J connectivity index is 1.52. The molecule has 0 amide bonds. The smallest absolute Gasteiger partial charge is 0.0214 e. The molecule has 0 bridgehead atoms. The monoisotopic (exact) mass is 477 g/mol. The molecule has 0 spiro atoms. The summed E-state index contributed by atoms with van der Waals surface area (Å²) in [6.45, 7) is 12.1. The molecule has 3 N–H and O–H groups in total. The van der Waals surface area contributed by atoms with Crippen molar-refractivity contribution in [2.24, 2.45) is 0 Å². The van der Waals surface area contributed by atoms with Gasteiger partial charge in [0.05, 0.1) is 0 Å². The SMILES string of the molecule is Cc1c(CNCc2ccccc2)c(C)c(CNCc2ccccc2)c(C)c1CNCc1ccccc1. The van der Waals surface area contributed by atoms with E-state index >= 15 is 0 Å². The van der Waals surface area contributed by atoms with Gasteiger partial charge in [-0.3, -0.25) is 0 Å². The highest BCUT2D eigenvalue weighted by atomic mass is 14.9. The van der Waals surface area contributed by atoms with E-state index in [2.05, 4.69) is 128 Å². The standard InChI is InChI=1S/C33H39N3/c1-25-31(22-34-19-28-13-7-4-8-14-28)26(2)33(24-36-21-30-17-11-6-12-18-30)27(3)32(25)23-35-20-29-15-9-5-10-16-29/h4-18,34-36H,19-24H2,1-3H3. The summed E-state index contributed by atoms with van der Waals surface area (Å²) in [4.78, 5) is 0. The van der Waals surface area contributed by atoms with Gasteiger partial charge in [-0.25, -0.2) is 0 Å². The van der Waals surface area contributed by atoms with Crippen molar-refractivity contribution in [2.75, 3.05) is 0 Å². The van der Waals surface area contributed by atoms with Crippen molar-refractivity contribution in [2.45, 2.75) is 60.0 Å². The normalized spacial score (nSPS) is 11.1. The fraction of sp³-hybridized carbons (Fsp3) is 0.273. The molecular formula is C33H39N3. The van der Waals surface area contributed by atoms with E-state index in [1.54, 1.807) is 0 Å². The zero-order chi connectivity index (χ0) is 25.2.